The molecule has 2 aromatic rings. The minimum atomic E-state index is -0.463. The van der Waals surface area contributed by atoms with Gasteiger partial charge in [-0.25, -0.2) is 9.78 Å². The average molecular weight is 216 g/mol. The second kappa shape index (κ2) is 3.81. The molecule has 0 atom stereocenters. The lowest BCUT2D eigenvalue weighted by atomic mass is 10.1. The number of fused-ring (bicyclic) bond motifs is 1. The van der Waals surface area contributed by atoms with Crippen LogP contribution in [-0.2, 0) is 4.74 Å². The van der Waals surface area contributed by atoms with Crippen molar-refractivity contribution in [3.8, 4) is 0 Å². The van der Waals surface area contributed by atoms with Gasteiger partial charge in [0, 0.05) is 5.39 Å². The van der Waals surface area contributed by atoms with Crippen LogP contribution in [0.1, 0.15) is 15.9 Å². The number of ether oxygens (including phenoxy) is 1. The number of hydrogen-bond donors (Lipinski definition) is 1. The lowest BCUT2D eigenvalue weighted by Gasteiger charge is -2.06. The first-order valence-electron chi connectivity index (χ1n) is 4.87. The fourth-order valence-electron chi connectivity index (χ4n) is 1.63. The number of aryl methyl sites for hydroxylation is 1. The van der Waals surface area contributed by atoms with E-state index in [1.807, 2.05) is 25.1 Å². The molecule has 0 unspecified atom stereocenters. The molecule has 4 heteroatoms. The third-order valence-corrected chi connectivity index (χ3v) is 2.51. The van der Waals surface area contributed by atoms with Crippen LogP contribution in [0.5, 0.6) is 0 Å². The van der Waals surface area contributed by atoms with Gasteiger partial charge in [-0.2, -0.15) is 0 Å². The summed E-state index contributed by atoms with van der Waals surface area (Å²) in [6.45, 7) is 1.96. The summed E-state index contributed by atoms with van der Waals surface area (Å²) in [5, 5.41) is 0.914. The SMILES string of the molecule is COC(=O)c1cc2c(C)cccc2nc1N. The Hall–Kier alpha value is -2.10. The summed E-state index contributed by atoms with van der Waals surface area (Å²) in [6.07, 6.45) is 0. The summed E-state index contributed by atoms with van der Waals surface area (Å²) in [7, 11) is 1.32. The maximum Gasteiger partial charge on any atom is 0.341 e. The van der Waals surface area contributed by atoms with E-state index in [2.05, 4.69) is 9.72 Å². The van der Waals surface area contributed by atoms with Crippen molar-refractivity contribution < 1.29 is 9.53 Å². The zero-order valence-electron chi connectivity index (χ0n) is 9.15. The standard InChI is InChI=1S/C12H12N2O2/c1-7-4-3-5-10-8(7)6-9(11(13)14-10)12(15)16-2/h3-6H,1-2H3,(H2,13,14). The fourth-order valence-corrected chi connectivity index (χ4v) is 1.63. The first-order chi connectivity index (χ1) is 7.63. The van der Waals surface area contributed by atoms with E-state index in [-0.39, 0.29) is 5.82 Å². The molecule has 2 N–H and O–H groups in total. The number of carbonyl (C=O) groups excluding carboxylic acids is 1. The number of hydrogen-bond acceptors (Lipinski definition) is 4. The second-order valence-electron chi connectivity index (χ2n) is 3.55. The van der Waals surface area contributed by atoms with Crippen LogP contribution in [0, 0.1) is 6.92 Å². The highest BCUT2D eigenvalue weighted by Gasteiger charge is 2.13. The van der Waals surface area contributed by atoms with Crippen LogP contribution in [0.25, 0.3) is 10.9 Å². The molecule has 2 rings (SSSR count). The first kappa shape index (κ1) is 10.4. The van der Waals surface area contributed by atoms with Gasteiger partial charge in [0.05, 0.1) is 12.6 Å². The minimum absolute atomic E-state index is 0.199. The van der Waals surface area contributed by atoms with Crippen molar-refractivity contribution in [3.63, 3.8) is 0 Å². The van der Waals surface area contributed by atoms with E-state index in [0.29, 0.717) is 5.56 Å². The van der Waals surface area contributed by atoms with E-state index < -0.39 is 5.97 Å². The van der Waals surface area contributed by atoms with Crippen molar-refractivity contribution in [2.75, 3.05) is 12.8 Å². The van der Waals surface area contributed by atoms with Crippen molar-refractivity contribution in [2.24, 2.45) is 0 Å². The lowest BCUT2D eigenvalue weighted by Crippen LogP contribution is -2.07. The molecule has 82 valence electrons. The first-order valence-corrected chi connectivity index (χ1v) is 4.87. The van der Waals surface area contributed by atoms with E-state index in [0.717, 1.165) is 16.5 Å². The number of nitrogen functional groups attached to an aromatic ring is 1. The van der Waals surface area contributed by atoms with Gasteiger partial charge in [-0.1, -0.05) is 12.1 Å². The lowest BCUT2D eigenvalue weighted by molar-refractivity contribution is 0.0602. The van der Waals surface area contributed by atoms with Crippen LogP contribution in [-0.4, -0.2) is 18.1 Å². The number of anilines is 1. The number of nitrogens with two attached hydrogens (primary N) is 1. The van der Waals surface area contributed by atoms with Crippen molar-refractivity contribution in [2.45, 2.75) is 6.92 Å². The molecule has 4 nitrogen and oxygen atoms in total. The quantitative estimate of drug-likeness (QED) is 0.739. The molecule has 16 heavy (non-hydrogen) atoms. The summed E-state index contributed by atoms with van der Waals surface area (Å²) in [6, 6.07) is 7.45. The minimum Gasteiger partial charge on any atom is -0.465 e. The van der Waals surface area contributed by atoms with E-state index in [1.54, 1.807) is 6.07 Å². The zero-order chi connectivity index (χ0) is 11.7. The molecule has 0 bridgehead atoms. The third-order valence-electron chi connectivity index (χ3n) is 2.51. The Morgan fingerprint density at radius 1 is 1.44 bits per heavy atom. The number of esters is 1. The Morgan fingerprint density at radius 2 is 2.19 bits per heavy atom. The molecule has 0 fully saturated rings. The predicted octanol–water partition coefficient (Wildman–Crippen LogP) is 1.91. The summed E-state index contributed by atoms with van der Waals surface area (Å²) < 4.78 is 4.65. The number of methoxy groups -OCH3 is 1. The molecule has 0 aliphatic rings. The smallest absolute Gasteiger partial charge is 0.341 e. The summed E-state index contributed by atoms with van der Waals surface area (Å²) in [5.74, 6) is -0.264. The van der Waals surface area contributed by atoms with E-state index >= 15 is 0 Å². The molecule has 1 heterocycles. The van der Waals surface area contributed by atoms with Gasteiger partial charge < -0.3 is 10.5 Å². The molecule has 0 aliphatic carbocycles. The Labute approximate surface area is 93.0 Å². The van der Waals surface area contributed by atoms with Crippen LogP contribution in [0.3, 0.4) is 0 Å². The van der Waals surface area contributed by atoms with Crippen LogP contribution >= 0.6 is 0 Å². The maximum absolute atomic E-state index is 11.4. The molecular weight excluding hydrogens is 204 g/mol. The van der Waals surface area contributed by atoms with Crippen molar-refractivity contribution in [1.29, 1.82) is 0 Å². The Kier molecular flexibility index (Phi) is 2.48. The number of benzene rings is 1. The summed E-state index contributed by atoms with van der Waals surface area (Å²) in [4.78, 5) is 15.6. The Bertz CT molecular complexity index is 564. The molecular formula is C12H12N2O2. The van der Waals surface area contributed by atoms with Gasteiger partial charge in [0.25, 0.3) is 0 Å². The van der Waals surface area contributed by atoms with Gasteiger partial charge in [0.2, 0.25) is 0 Å². The van der Waals surface area contributed by atoms with E-state index in [9.17, 15) is 4.79 Å². The number of pyridine rings is 1. The number of carbonyl (C=O) groups is 1. The van der Waals surface area contributed by atoms with Gasteiger partial charge in [-0.3, -0.25) is 0 Å². The summed E-state index contributed by atoms with van der Waals surface area (Å²) in [5.41, 5.74) is 7.84. The zero-order valence-corrected chi connectivity index (χ0v) is 9.15. The summed E-state index contributed by atoms with van der Waals surface area (Å²) >= 11 is 0. The highest BCUT2D eigenvalue weighted by atomic mass is 16.5. The van der Waals surface area contributed by atoms with E-state index in [1.165, 1.54) is 7.11 Å². The molecule has 0 aliphatic heterocycles. The second-order valence-corrected chi connectivity index (χ2v) is 3.55. The average Bonchev–Trinajstić information content (AvgIpc) is 2.28. The van der Waals surface area contributed by atoms with E-state index in [4.69, 9.17) is 5.73 Å². The Morgan fingerprint density at radius 3 is 2.88 bits per heavy atom. The van der Waals surface area contributed by atoms with Crippen LogP contribution in [0.2, 0.25) is 0 Å². The van der Waals surface area contributed by atoms with Crippen LogP contribution in [0.15, 0.2) is 24.3 Å². The molecule has 0 radical (unpaired) electrons. The van der Waals surface area contributed by atoms with Crippen LogP contribution < -0.4 is 5.73 Å². The third kappa shape index (κ3) is 1.58. The Balaban J connectivity index is 2.74. The van der Waals surface area contributed by atoms with Gasteiger partial charge in [-0.15, -0.1) is 0 Å². The molecule has 1 aromatic heterocycles. The monoisotopic (exact) mass is 216 g/mol. The van der Waals surface area contributed by atoms with Gasteiger partial charge in [-0.05, 0) is 24.6 Å². The number of aromatic nitrogens is 1. The normalized spacial score (nSPS) is 10.4. The van der Waals surface area contributed by atoms with Gasteiger partial charge >= 0.3 is 5.97 Å². The largest absolute Gasteiger partial charge is 0.465 e. The topological polar surface area (TPSA) is 65.2 Å². The molecule has 1 aromatic carbocycles. The molecule has 0 saturated heterocycles. The van der Waals surface area contributed by atoms with Crippen molar-refractivity contribution >= 4 is 22.7 Å². The molecule has 0 saturated carbocycles. The molecule has 0 spiro atoms. The highest BCUT2D eigenvalue weighted by Crippen LogP contribution is 2.21. The number of nitrogens with zero attached hydrogens (tertiary/aromatic N) is 1. The van der Waals surface area contributed by atoms with Crippen molar-refractivity contribution in [1.82, 2.24) is 4.98 Å². The highest BCUT2D eigenvalue weighted by molar-refractivity contribution is 5.99. The fraction of sp³-hybridized carbons (Fsp3) is 0.167. The molecule has 0 amide bonds. The van der Waals surface area contributed by atoms with Gasteiger partial charge in [0.15, 0.2) is 0 Å². The van der Waals surface area contributed by atoms with Gasteiger partial charge in [0.1, 0.15) is 11.4 Å². The van der Waals surface area contributed by atoms with Crippen LogP contribution in [0.4, 0.5) is 5.82 Å². The predicted molar refractivity (Wildman–Crippen MR) is 62.2 cm³/mol. The maximum atomic E-state index is 11.4. The van der Waals surface area contributed by atoms with Crippen molar-refractivity contribution in [3.05, 3.63) is 35.4 Å². The number of rotatable bonds is 1.